The fourth-order valence-electron chi connectivity index (χ4n) is 2.30. The number of fused-ring (bicyclic) bond motifs is 1. The predicted octanol–water partition coefficient (Wildman–Crippen LogP) is 4.38. The van der Waals surface area contributed by atoms with Crippen molar-refractivity contribution in [2.75, 3.05) is 18.5 Å². The maximum Gasteiger partial charge on any atom is 0.142 e. The van der Waals surface area contributed by atoms with Gasteiger partial charge in [-0.15, -0.1) is 11.3 Å². The number of nitrogens with zero attached hydrogens (tertiary/aromatic N) is 2. The molecule has 5 nitrogen and oxygen atoms in total. The number of hydrogen-bond acceptors (Lipinski definition) is 6. The van der Waals surface area contributed by atoms with E-state index in [0.29, 0.717) is 19.8 Å². The lowest BCUT2D eigenvalue weighted by atomic mass is 10.2. The van der Waals surface area contributed by atoms with Crippen LogP contribution >= 0.6 is 11.3 Å². The number of aromatic nitrogens is 2. The van der Waals surface area contributed by atoms with E-state index in [1.54, 1.807) is 17.7 Å². The molecule has 3 aromatic rings. The minimum absolute atomic E-state index is 0.239. The van der Waals surface area contributed by atoms with Gasteiger partial charge in [0.1, 0.15) is 17.0 Å². The summed E-state index contributed by atoms with van der Waals surface area (Å²) in [5.74, 6) is 0.824. The third-order valence-corrected chi connectivity index (χ3v) is 4.22. The molecule has 24 heavy (non-hydrogen) atoms. The van der Waals surface area contributed by atoms with E-state index in [9.17, 15) is 0 Å². The molecule has 1 N–H and O–H groups in total. The van der Waals surface area contributed by atoms with E-state index in [-0.39, 0.29) is 6.10 Å². The second kappa shape index (κ2) is 8.19. The maximum absolute atomic E-state index is 5.66. The Morgan fingerprint density at radius 2 is 2.08 bits per heavy atom. The molecular formula is C18H21N3O2S. The van der Waals surface area contributed by atoms with Gasteiger partial charge in [0.15, 0.2) is 0 Å². The van der Waals surface area contributed by atoms with Crippen molar-refractivity contribution >= 4 is 33.1 Å². The molecule has 2 heterocycles. The van der Waals surface area contributed by atoms with Crippen molar-refractivity contribution in [3.63, 3.8) is 0 Å². The Balaban J connectivity index is 1.60. The Labute approximate surface area is 145 Å². The summed E-state index contributed by atoms with van der Waals surface area (Å²) < 4.78 is 11.1. The summed E-state index contributed by atoms with van der Waals surface area (Å²) in [6, 6.07) is 10.2. The molecule has 1 aromatic carbocycles. The number of rotatable bonds is 8. The van der Waals surface area contributed by atoms with Crippen molar-refractivity contribution in [1.82, 2.24) is 9.97 Å². The molecule has 0 aliphatic rings. The van der Waals surface area contributed by atoms with E-state index in [1.807, 2.05) is 37.4 Å². The van der Waals surface area contributed by atoms with Gasteiger partial charge in [0, 0.05) is 5.69 Å². The van der Waals surface area contributed by atoms with Crippen LogP contribution in [0.25, 0.3) is 10.2 Å². The molecule has 0 fully saturated rings. The summed E-state index contributed by atoms with van der Waals surface area (Å²) in [5, 5.41) is 6.42. The number of nitrogens with one attached hydrogen (secondary N) is 1. The van der Waals surface area contributed by atoms with Crippen LogP contribution in [0.15, 0.2) is 42.0 Å². The zero-order chi connectivity index (χ0) is 16.8. The highest BCUT2D eigenvalue weighted by Crippen LogP contribution is 2.26. The van der Waals surface area contributed by atoms with Crippen molar-refractivity contribution < 1.29 is 9.47 Å². The molecule has 0 radical (unpaired) electrons. The number of thiophene rings is 1. The second-order valence-electron chi connectivity index (χ2n) is 5.66. The lowest BCUT2D eigenvalue weighted by molar-refractivity contribution is 0.0143. The van der Waals surface area contributed by atoms with E-state index < -0.39 is 0 Å². The van der Waals surface area contributed by atoms with Crippen LogP contribution in [0.2, 0.25) is 0 Å². The largest absolute Gasteiger partial charge is 0.376 e. The molecule has 0 unspecified atom stereocenters. The first-order valence-corrected chi connectivity index (χ1v) is 8.84. The van der Waals surface area contributed by atoms with E-state index >= 15 is 0 Å². The highest BCUT2D eigenvalue weighted by Gasteiger charge is 2.05. The summed E-state index contributed by atoms with van der Waals surface area (Å²) in [5.41, 5.74) is 2.10. The van der Waals surface area contributed by atoms with Crippen molar-refractivity contribution in [2.24, 2.45) is 0 Å². The van der Waals surface area contributed by atoms with E-state index in [4.69, 9.17) is 9.47 Å². The smallest absolute Gasteiger partial charge is 0.142 e. The molecule has 0 spiro atoms. The quantitative estimate of drug-likeness (QED) is 0.615. The van der Waals surface area contributed by atoms with Gasteiger partial charge in [-0.1, -0.05) is 12.1 Å². The van der Waals surface area contributed by atoms with Crippen LogP contribution in [0.1, 0.15) is 19.4 Å². The van der Waals surface area contributed by atoms with Crippen molar-refractivity contribution in [1.29, 1.82) is 0 Å². The normalized spacial score (nSPS) is 11.3. The third kappa shape index (κ3) is 4.50. The molecule has 0 aliphatic heterocycles. The van der Waals surface area contributed by atoms with E-state index in [2.05, 4.69) is 27.4 Å². The predicted molar refractivity (Wildman–Crippen MR) is 97.9 cm³/mol. The van der Waals surface area contributed by atoms with Gasteiger partial charge in [-0.2, -0.15) is 0 Å². The van der Waals surface area contributed by atoms with Gasteiger partial charge in [-0.05, 0) is 43.0 Å². The number of ether oxygens (including phenoxy) is 2. The Morgan fingerprint density at radius 1 is 1.17 bits per heavy atom. The highest BCUT2D eigenvalue weighted by atomic mass is 32.1. The first kappa shape index (κ1) is 16.8. The van der Waals surface area contributed by atoms with Gasteiger partial charge >= 0.3 is 0 Å². The topological polar surface area (TPSA) is 56.3 Å². The van der Waals surface area contributed by atoms with Crippen molar-refractivity contribution in [3.05, 3.63) is 47.6 Å². The van der Waals surface area contributed by atoms with Crippen LogP contribution in [0.4, 0.5) is 11.5 Å². The summed E-state index contributed by atoms with van der Waals surface area (Å²) in [7, 11) is 0. The lowest BCUT2D eigenvalue weighted by Crippen LogP contribution is -2.09. The van der Waals surface area contributed by atoms with Crippen LogP contribution in [0.5, 0.6) is 0 Å². The molecule has 0 amide bonds. The number of hydrogen-bond donors (Lipinski definition) is 1. The van der Waals surface area contributed by atoms with Gasteiger partial charge in [-0.25, -0.2) is 9.97 Å². The van der Waals surface area contributed by atoms with Gasteiger partial charge < -0.3 is 14.8 Å². The van der Waals surface area contributed by atoms with Gasteiger partial charge in [0.2, 0.25) is 0 Å². The Kier molecular flexibility index (Phi) is 5.74. The molecule has 0 bridgehead atoms. The molecule has 126 valence electrons. The fraction of sp³-hybridized carbons (Fsp3) is 0.333. The SMILES string of the molecule is CC(C)OCCOCc1cccc(Nc2ncnc3sccc23)c1. The zero-order valence-corrected chi connectivity index (χ0v) is 14.7. The molecule has 0 aliphatic carbocycles. The Bertz CT molecular complexity index is 789. The van der Waals surface area contributed by atoms with Gasteiger partial charge in [-0.3, -0.25) is 0 Å². The van der Waals surface area contributed by atoms with E-state index in [1.165, 1.54) is 0 Å². The summed E-state index contributed by atoms with van der Waals surface area (Å²) in [6.07, 6.45) is 1.82. The molecule has 3 rings (SSSR count). The van der Waals surface area contributed by atoms with E-state index in [0.717, 1.165) is 27.3 Å². The minimum Gasteiger partial charge on any atom is -0.376 e. The van der Waals surface area contributed by atoms with Crippen LogP contribution in [0.3, 0.4) is 0 Å². The lowest BCUT2D eigenvalue weighted by Gasteiger charge is -2.10. The fourth-order valence-corrected chi connectivity index (χ4v) is 3.03. The molecule has 0 saturated heterocycles. The highest BCUT2D eigenvalue weighted by molar-refractivity contribution is 7.16. The molecule has 6 heteroatoms. The second-order valence-corrected chi connectivity index (χ2v) is 6.55. The Hall–Kier alpha value is -2.02. The number of anilines is 2. The first-order valence-electron chi connectivity index (χ1n) is 7.96. The number of benzene rings is 1. The summed E-state index contributed by atoms with van der Waals surface area (Å²) in [4.78, 5) is 9.59. The molecule has 2 aromatic heterocycles. The first-order chi connectivity index (χ1) is 11.7. The molecular weight excluding hydrogens is 322 g/mol. The summed E-state index contributed by atoms with van der Waals surface area (Å²) >= 11 is 1.61. The van der Waals surface area contributed by atoms with Crippen LogP contribution in [-0.4, -0.2) is 29.3 Å². The standard InChI is InChI=1S/C18H21N3O2S/c1-13(2)23-8-7-22-11-14-4-3-5-15(10-14)21-17-16-6-9-24-18(16)20-12-19-17/h3-6,9-10,12-13H,7-8,11H2,1-2H3,(H,19,20,21). The van der Waals surface area contributed by atoms with Crippen LogP contribution in [0, 0.1) is 0 Å². The monoisotopic (exact) mass is 343 g/mol. The van der Waals surface area contributed by atoms with Crippen LogP contribution < -0.4 is 5.32 Å². The average Bonchev–Trinajstić information content (AvgIpc) is 3.04. The van der Waals surface area contributed by atoms with Crippen molar-refractivity contribution in [2.45, 2.75) is 26.6 Å². The molecule has 0 atom stereocenters. The van der Waals surface area contributed by atoms with Crippen LogP contribution in [-0.2, 0) is 16.1 Å². The summed E-state index contributed by atoms with van der Waals surface area (Å²) in [6.45, 7) is 5.82. The molecule has 0 saturated carbocycles. The Morgan fingerprint density at radius 3 is 2.96 bits per heavy atom. The minimum atomic E-state index is 0.239. The zero-order valence-electron chi connectivity index (χ0n) is 13.9. The van der Waals surface area contributed by atoms with Crippen molar-refractivity contribution in [3.8, 4) is 0 Å². The van der Waals surface area contributed by atoms with Gasteiger partial charge in [0.05, 0.1) is 31.3 Å². The third-order valence-electron chi connectivity index (χ3n) is 3.40. The maximum atomic E-state index is 5.66. The average molecular weight is 343 g/mol. The van der Waals surface area contributed by atoms with Gasteiger partial charge in [0.25, 0.3) is 0 Å².